The van der Waals surface area contributed by atoms with Crippen LogP contribution in [0.3, 0.4) is 0 Å². The van der Waals surface area contributed by atoms with Gasteiger partial charge in [-0.05, 0) is 115 Å². The molecular formula is C58H39NO. The third-order valence-corrected chi connectivity index (χ3v) is 11.7. The van der Waals surface area contributed by atoms with Crippen LogP contribution in [-0.2, 0) is 0 Å². The number of ether oxygens (including phenoxy) is 1. The summed E-state index contributed by atoms with van der Waals surface area (Å²) in [6.07, 6.45) is 0. The number of benzene rings is 10. The highest BCUT2D eigenvalue weighted by Crippen LogP contribution is 2.52. The Bertz CT molecular complexity index is 3120. The van der Waals surface area contributed by atoms with Gasteiger partial charge in [0.15, 0.2) is 0 Å². The molecule has 2 nitrogen and oxygen atoms in total. The van der Waals surface area contributed by atoms with E-state index in [1.807, 2.05) is 0 Å². The minimum absolute atomic E-state index is 0.825. The summed E-state index contributed by atoms with van der Waals surface area (Å²) in [5.41, 5.74) is 17.1. The first-order valence-electron chi connectivity index (χ1n) is 20.5. The second-order valence-corrected chi connectivity index (χ2v) is 15.3. The van der Waals surface area contributed by atoms with Crippen LogP contribution in [0.1, 0.15) is 0 Å². The summed E-state index contributed by atoms with van der Waals surface area (Å²) < 4.78 is 6.98. The Hall–Kier alpha value is -7.94. The molecule has 10 aromatic rings. The van der Waals surface area contributed by atoms with Gasteiger partial charge in [-0.3, -0.25) is 0 Å². The third kappa shape index (κ3) is 6.51. The lowest BCUT2D eigenvalue weighted by molar-refractivity contribution is 0.488. The Morgan fingerprint density at radius 1 is 0.250 bits per heavy atom. The standard InChI is InChI=1S/C58H39NO/c1-4-13-40(14-5-1)42-23-25-43(26-24-42)45-29-33-50(34-30-45)59(49-31-27-44(28-32-49)41-15-6-2-7-16-41)51-35-36-56-55(39-51)58-52(46-17-8-3-9-18-46)21-12-22-53(58)54-37-47-19-10-11-20-48(47)38-57(54)60-56/h1-39H. The molecule has 11 rings (SSSR count). The van der Waals surface area contributed by atoms with Crippen LogP contribution in [0.15, 0.2) is 237 Å². The number of nitrogens with zero attached hydrogens (tertiary/aromatic N) is 1. The smallest absolute Gasteiger partial charge is 0.135 e. The molecule has 0 N–H and O–H groups in total. The number of fused-ring (bicyclic) bond motifs is 6. The average Bonchev–Trinajstić information content (AvgIpc) is 3.46. The van der Waals surface area contributed by atoms with Crippen molar-refractivity contribution in [1.82, 2.24) is 0 Å². The van der Waals surface area contributed by atoms with Gasteiger partial charge in [-0.25, -0.2) is 0 Å². The molecule has 0 unspecified atom stereocenters. The maximum atomic E-state index is 6.98. The van der Waals surface area contributed by atoms with Gasteiger partial charge in [0.05, 0.1) is 0 Å². The van der Waals surface area contributed by atoms with Crippen LogP contribution < -0.4 is 9.64 Å². The van der Waals surface area contributed by atoms with Crippen LogP contribution in [0, 0.1) is 0 Å². The van der Waals surface area contributed by atoms with Crippen molar-refractivity contribution in [3.05, 3.63) is 237 Å². The van der Waals surface area contributed by atoms with Crippen LogP contribution in [0.25, 0.3) is 77.5 Å². The summed E-state index contributed by atoms with van der Waals surface area (Å²) in [6, 6.07) is 84.8. The average molecular weight is 766 g/mol. The van der Waals surface area contributed by atoms with E-state index in [4.69, 9.17) is 4.74 Å². The van der Waals surface area contributed by atoms with Crippen LogP contribution in [-0.4, -0.2) is 0 Å². The summed E-state index contributed by atoms with van der Waals surface area (Å²) in [5.74, 6) is 1.68. The van der Waals surface area contributed by atoms with Crippen LogP contribution in [0.2, 0.25) is 0 Å². The molecule has 1 heterocycles. The van der Waals surface area contributed by atoms with E-state index in [2.05, 4.69) is 241 Å². The molecule has 0 amide bonds. The lowest BCUT2D eigenvalue weighted by atomic mass is 9.87. The normalized spacial score (nSPS) is 11.5. The molecule has 1 aliphatic heterocycles. The fourth-order valence-corrected chi connectivity index (χ4v) is 8.67. The molecule has 0 saturated carbocycles. The van der Waals surface area contributed by atoms with E-state index in [0.717, 1.165) is 67.3 Å². The second kappa shape index (κ2) is 15.1. The molecule has 0 spiro atoms. The van der Waals surface area contributed by atoms with Gasteiger partial charge >= 0.3 is 0 Å². The first-order chi connectivity index (χ1) is 29.7. The molecular weight excluding hydrogens is 727 g/mol. The first kappa shape index (κ1) is 35.2. The number of hydrogen-bond donors (Lipinski definition) is 0. The molecule has 0 radical (unpaired) electrons. The predicted molar refractivity (Wildman–Crippen MR) is 251 cm³/mol. The SMILES string of the molecule is c1ccc(-c2ccc(-c3ccc(N(c4ccc(-c5ccccc5)cc4)c4ccc5c(c4)-c4c(-c6ccccc6)cccc4-c4cc6ccccc6cc4O5)cc3)cc2)cc1. The van der Waals surface area contributed by atoms with E-state index < -0.39 is 0 Å². The summed E-state index contributed by atoms with van der Waals surface area (Å²) >= 11 is 0. The van der Waals surface area contributed by atoms with Crippen molar-refractivity contribution in [3.8, 4) is 78.3 Å². The zero-order chi connectivity index (χ0) is 39.8. The first-order valence-corrected chi connectivity index (χ1v) is 20.5. The minimum Gasteiger partial charge on any atom is -0.456 e. The van der Waals surface area contributed by atoms with E-state index in [-0.39, 0.29) is 0 Å². The Kier molecular flexibility index (Phi) is 8.87. The van der Waals surface area contributed by atoms with Gasteiger partial charge in [0.25, 0.3) is 0 Å². The maximum Gasteiger partial charge on any atom is 0.135 e. The quantitative estimate of drug-likeness (QED) is 0.160. The largest absolute Gasteiger partial charge is 0.456 e. The zero-order valence-electron chi connectivity index (χ0n) is 32.9. The maximum absolute atomic E-state index is 6.98. The Balaban J connectivity index is 1.06. The van der Waals surface area contributed by atoms with Crippen LogP contribution in [0.5, 0.6) is 11.5 Å². The second-order valence-electron chi connectivity index (χ2n) is 15.3. The van der Waals surface area contributed by atoms with Crippen molar-refractivity contribution < 1.29 is 4.74 Å². The summed E-state index contributed by atoms with van der Waals surface area (Å²) in [5, 5.41) is 2.33. The van der Waals surface area contributed by atoms with Gasteiger partial charge in [-0.1, -0.05) is 182 Å². The molecule has 0 atom stereocenters. The topological polar surface area (TPSA) is 12.5 Å². The van der Waals surface area contributed by atoms with Crippen molar-refractivity contribution in [2.24, 2.45) is 0 Å². The summed E-state index contributed by atoms with van der Waals surface area (Å²) in [4.78, 5) is 2.36. The molecule has 10 aromatic carbocycles. The van der Waals surface area contributed by atoms with Crippen molar-refractivity contribution in [1.29, 1.82) is 0 Å². The number of anilines is 3. The monoisotopic (exact) mass is 765 g/mol. The highest BCUT2D eigenvalue weighted by Gasteiger charge is 2.26. The van der Waals surface area contributed by atoms with E-state index in [0.29, 0.717) is 0 Å². The van der Waals surface area contributed by atoms with Gasteiger partial charge < -0.3 is 9.64 Å². The predicted octanol–water partition coefficient (Wildman–Crippen LogP) is 16.4. The molecule has 1 aliphatic rings. The van der Waals surface area contributed by atoms with Gasteiger partial charge in [-0.15, -0.1) is 0 Å². The summed E-state index contributed by atoms with van der Waals surface area (Å²) in [7, 11) is 0. The van der Waals surface area contributed by atoms with Crippen LogP contribution in [0.4, 0.5) is 17.1 Å². The summed E-state index contributed by atoms with van der Waals surface area (Å²) in [6.45, 7) is 0. The van der Waals surface area contributed by atoms with E-state index >= 15 is 0 Å². The lowest BCUT2D eigenvalue weighted by Gasteiger charge is -2.27. The van der Waals surface area contributed by atoms with Crippen molar-refractivity contribution in [3.63, 3.8) is 0 Å². The van der Waals surface area contributed by atoms with E-state index in [9.17, 15) is 0 Å². The molecule has 0 aromatic heterocycles. The lowest BCUT2D eigenvalue weighted by Crippen LogP contribution is -2.10. The minimum atomic E-state index is 0.825. The van der Waals surface area contributed by atoms with E-state index in [1.165, 1.54) is 38.8 Å². The molecule has 0 aliphatic carbocycles. The Morgan fingerprint density at radius 2 is 0.683 bits per heavy atom. The molecule has 0 fully saturated rings. The molecule has 0 bridgehead atoms. The fourth-order valence-electron chi connectivity index (χ4n) is 8.67. The molecule has 0 saturated heterocycles. The van der Waals surface area contributed by atoms with Crippen LogP contribution >= 0.6 is 0 Å². The third-order valence-electron chi connectivity index (χ3n) is 11.7. The highest BCUT2D eigenvalue weighted by atomic mass is 16.5. The Labute approximate surface area is 350 Å². The molecule has 282 valence electrons. The van der Waals surface area contributed by atoms with Crippen molar-refractivity contribution in [2.45, 2.75) is 0 Å². The van der Waals surface area contributed by atoms with Crippen molar-refractivity contribution >= 4 is 27.8 Å². The van der Waals surface area contributed by atoms with Gasteiger partial charge in [-0.2, -0.15) is 0 Å². The molecule has 2 heteroatoms. The van der Waals surface area contributed by atoms with Gasteiger partial charge in [0.2, 0.25) is 0 Å². The number of rotatable bonds is 7. The van der Waals surface area contributed by atoms with Gasteiger partial charge in [0, 0.05) is 33.8 Å². The zero-order valence-corrected chi connectivity index (χ0v) is 32.9. The molecule has 60 heavy (non-hydrogen) atoms. The highest BCUT2D eigenvalue weighted by molar-refractivity contribution is 6.02. The number of hydrogen-bond acceptors (Lipinski definition) is 2. The Morgan fingerprint density at radius 3 is 1.23 bits per heavy atom. The van der Waals surface area contributed by atoms with Crippen molar-refractivity contribution in [2.75, 3.05) is 4.90 Å². The van der Waals surface area contributed by atoms with E-state index in [1.54, 1.807) is 0 Å². The van der Waals surface area contributed by atoms with Gasteiger partial charge in [0.1, 0.15) is 11.5 Å². The fraction of sp³-hybridized carbons (Fsp3) is 0.